The summed E-state index contributed by atoms with van der Waals surface area (Å²) in [6, 6.07) is 1.10. The lowest BCUT2D eigenvalue weighted by atomic mass is 10.2. The molecule has 0 amide bonds. The van der Waals surface area contributed by atoms with Crippen LogP contribution in [0.15, 0.2) is 17.0 Å². The second kappa shape index (κ2) is 6.60. The van der Waals surface area contributed by atoms with Gasteiger partial charge in [0.05, 0.1) is 17.1 Å². The normalized spacial score (nSPS) is 18.8. The second-order valence-electron chi connectivity index (χ2n) is 4.76. The van der Waals surface area contributed by atoms with E-state index < -0.39 is 42.6 Å². The number of carbonyl (C=O) groups excluding carboxylic acids is 1. The summed E-state index contributed by atoms with van der Waals surface area (Å²) in [7, 11) is -3.14. The minimum atomic E-state index is -4.30. The number of hydrogen-bond acceptors (Lipinski definition) is 6. The number of rotatable bonds is 4. The van der Waals surface area contributed by atoms with Gasteiger partial charge in [0.1, 0.15) is 16.0 Å². The molecular weight excluding hydrogens is 371 g/mol. The molecule has 0 N–H and O–H groups in total. The number of methoxy groups -OCH3 is 1. The number of nitrogens with zero attached hydrogens (tertiary/aromatic N) is 2. The number of esters is 1. The molecule has 1 atom stereocenters. The van der Waals surface area contributed by atoms with Crippen molar-refractivity contribution in [1.82, 2.24) is 4.31 Å². The molecule has 0 saturated carbocycles. The average molecular weight is 383 g/mol. The van der Waals surface area contributed by atoms with E-state index in [-0.39, 0.29) is 18.0 Å². The van der Waals surface area contributed by atoms with E-state index in [1.165, 1.54) is 0 Å². The smallest absolute Gasteiger partial charge is 0.324 e. The van der Waals surface area contributed by atoms with Crippen LogP contribution < -0.4 is 0 Å². The molecule has 0 unspecified atom stereocenters. The molecule has 1 aliphatic heterocycles. The minimum Gasteiger partial charge on any atom is -0.468 e. The number of hydrogen-bond donors (Lipinski definition) is 0. The first-order chi connectivity index (χ1) is 10.7. The largest absolute Gasteiger partial charge is 0.468 e. The van der Waals surface area contributed by atoms with Crippen molar-refractivity contribution in [2.75, 3.05) is 13.7 Å². The van der Waals surface area contributed by atoms with Crippen molar-refractivity contribution in [3.8, 4) is 0 Å². The van der Waals surface area contributed by atoms with Gasteiger partial charge in [0, 0.05) is 12.6 Å². The van der Waals surface area contributed by atoms with E-state index in [0.717, 1.165) is 23.5 Å². The lowest BCUT2D eigenvalue weighted by Crippen LogP contribution is -2.41. The van der Waals surface area contributed by atoms with E-state index in [2.05, 4.69) is 4.74 Å². The summed E-state index contributed by atoms with van der Waals surface area (Å²) in [5.41, 5.74) is -0.580. The predicted molar refractivity (Wildman–Crippen MR) is 82.0 cm³/mol. The molecule has 2 rings (SSSR count). The number of nitro groups is 1. The van der Waals surface area contributed by atoms with Gasteiger partial charge in [0.25, 0.3) is 5.69 Å². The molecular formula is C12H12Cl2N2O6S. The zero-order valence-corrected chi connectivity index (χ0v) is 14.2. The number of sulfonamides is 1. The van der Waals surface area contributed by atoms with E-state index in [0.29, 0.717) is 6.42 Å². The van der Waals surface area contributed by atoms with Crippen LogP contribution in [-0.2, 0) is 19.6 Å². The van der Waals surface area contributed by atoms with Crippen molar-refractivity contribution < 1.29 is 22.9 Å². The van der Waals surface area contributed by atoms with Crippen molar-refractivity contribution in [1.29, 1.82) is 0 Å². The molecule has 1 saturated heterocycles. The molecule has 1 heterocycles. The molecule has 126 valence electrons. The van der Waals surface area contributed by atoms with Gasteiger partial charge in [-0.15, -0.1) is 0 Å². The van der Waals surface area contributed by atoms with Gasteiger partial charge in [-0.3, -0.25) is 14.9 Å². The van der Waals surface area contributed by atoms with Crippen LogP contribution in [0, 0.1) is 10.1 Å². The maximum absolute atomic E-state index is 12.8. The predicted octanol–water partition coefficient (Wildman–Crippen LogP) is 2.23. The standard InChI is InChI=1S/C12H12Cl2N2O6S/c1-22-12(17)9-3-2-6-15(9)23(20,21)11-7(13)4-5-8(10(11)14)16(18)19/h4-5,9H,2-3,6H2,1H3/t9-/m0/s1. The van der Waals surface area contributed by atoms with Crippen LogP contribution in [0.5, 0.6) is 0 Å². The maximum Gasteiger partial charge on any atom is 0.324 e. The summed E-state index contributed by atoms with van der Waals surface area (Å²) < 4.78 is 31.1. The Labute approximate surface area is 142 Å². The van der Waals surface area contributed by atoms with Gasteiger partial charge in [0.15, 0.2) is 0 Å². The highest BCUT2D eigenvalue weighted by molar-refractivity contribution is 7.89. The van der Waals surface area contributed by atoms with Crippen LogP contribution in [-0.4, -0.2) is 43.3 Å². The Morgan fingerprint density at radius 2 is 2.09 bits per heavy atom. The van der Waals surface area contributed by atoms with Crippen LogP contribution >= 0.6 is 23.2 Å². The monoisotopic (exact) mass is 382 g/mol. The minimum absolute atomic E-state index is 0.0669. The number of nitro benzene ring substituents is 1. The molecule has 0 aliphatic carbocycles. The summed E-state index contributed by atoms with van der Waals surface area (Å²) in [4.78, 5) is 21.3. The quantitative estimate of drug-likeness (QED) is 0.448. The van der Waals surface area contributed by atoms with Crippen molar-refractivity contribution >= 4 is 44.9 Å². The Kier molecular flexibility index (Phi) is 5.14. The summed E-state index contributed by atoms with van der Waals surface area (Å²) in [6.45, 7) is 0.0669. The zero-order valence-electron chi connectivity index (χ0n) is 11.9. The van der Waals surface area contributed by atoms with Gasteiger partial charge in [-0.2, -0.15) is 4.31 Å². The Bertz CT molecular complexity index is 767. The average Bonchev–Trinajstić information content (AvgIpc) is 2.96. The van der Waals surface area contributed by atoms with Crippen molar-refractivity contribution in [2.45, 2.75) is 23.8 Å². The van der Waals surface area contributed by atoms with Gasteiger partial charge in [0.2, 0.25) is 10.0 Å². The number of carbonyl (C=O) groups is 1. The lowest BCUT2D eigenvalue weighted by Gasteiger charge is -2.23. The first-order valence-electron chi connectivity index (χ1n) is 6.44. The van der Waals surface area contributed by atoms with E-state index in [4.69, 9.17) is 23.2 Å². The fourth-order valence-corrected chi connectivity index (χ4v) is 5.22. The molecule has 0 spiro atoms. The van der Waals surface area contributed by atoms with Gasteiger partial charge in [-0.1, -0.05) is 23.2 Å². The Balaban J connectivity index is 2.58. The molecule has 1 aromatic rings. The third-order valence-electron chi connectivity index (χ3n) is 3.47. The van der Waals surface area contributed by atoms with Crippen LogP contribution in [0.2, 0.25) is 10.0 Å². The first kappa shape index (κ1) is 17.9. The van der Waals surface area contributed by atoms with Crippen LogP contribution in [0.1, 0.15) is 12.8 Å². The number of halogens is 2. The maximum atomic E-state index is 12.8. The summed E-state index contributed by atoms with van der Waals surface area (Å²) in [5, 5.41) is 10.1. The molecule has 1 fully saturated rings. The van der Waals surface area contributed by atoms with Crippen LogP contribution in [0.25, 0.3) is 0 Å². The van der Waals surface area contributed by atoms with E-state index in [9.17, 15) is 23.3 Å². The SMILES string of the molecule is COC(=O)[C@@H]1CCCN1S(=O)(=O)c1c(Cl)ccc([N+](=O)[O-])c1Cl. The number of benzene rings is 1. The fraction of sp³-hybridized carbons (Fsp3) is 0.417. The second-order valence-corrected chi connectivity index (χ2v) is 7.38. The van der Waals surface area contributed by atoms with Gasteiger partial charge in [-0.05, 0) is 18.9 Å². The van der Waals surface area contributed by atoms with E-state index >= 15 is 0 Å². The third kappa shape index (κ3) is 3.14. The Morgan fingerprint density at radius 1 is 1.43 bits per heavy atom. The highest BCUT2D eigenvalue weighted by Gasteiger charge is 2.42. The highest BCUT2D eigenvalue weighted by Crippen LogP contribution is 2.39. The molecule has 0 aromatic heterocycles. The van der Waals surface area contributed by atoms with Crippen molar-refractivity contribution in [3.05, 3.63) is 32.3 Å². The topological polar surface area (TPSA) is 107 Å². The molecule has 11 heteroatoms. The first-order valence-corrected chi connectivity index (χ1v) is 8.63. The zero-order chi connectivity index (χ0) is 17.4. The van der Waals surface area contributed by atoms with E-state index in [1.54, 1.807) is 0 Å². The fourth-order valence-electron chi connectivity index (χ4n) is 2.42. The molecule has 1 aliphatic rings. The van der Waals surface area contributed by atoms with E-state index in [1.807, 2.05) is 0 Å². The Hall–Kier alpha value is -1.42. The molecule has 23 heavy (non-hydrogen) atoms. The molecule has 0 bridgehead atoms. The van der Waals surface area contributed by atoms with Crippen molar-refractivity contribution in [2.24, 2.45) is 0 Å². The van der Waals surface area contributed by atoms with Crippen LogP contribution in [0.3, 0.4) is 0 Å². The van der Waals surface area contributed by atoms with Crippen molar-refractivity contribution in [3.63, 3.8) is 0 Å². The molecule has 1 aromatic carbocycles. The van der Waals surface area contributed by atoms with Crippen LogP contribution in [0.4, 0.5) is 5.69 Å². The summed E-state index contributed by atoms with van der Waals surface area (Å²) in [5.74, 6) is -0.705. The lowest BCUT2D eigenvalue weighted by molar-refractivity contribution is -0.384. The third-order valence-corrected chi connectivity index (χ3v) is 6.39. The Morgan fingerprint density at radius 3 is 2.65 bits per heavy atom. The molecule has 0 radical (unpaired) electrons. The summed E-state index contributed by atoms with van der Waals surface area (Å²) >= 11 is 11.8. The van der Waals surface area contributed by atoms with Gasteiger partial charge in [-0.25, -0.2) is 8.42 Å². The summed E-state index contributed by atoms with van der Waals surface area (Å²) in [6.07, 6.45) is 0.735. The molecule has 8 nitrogen and oxygen atoms in total. The number of ether oxygens (including phenoxy) is 1. The highest BCUT2D eigenvalue weighted by atomic mass is 35.5. The van der Waals surface area contributed by atoms with Gasteiger partial charge < -0.3 is 4.74 Å². The van der Waals surface area contributed by atoms with Gasteiger partial charge >= 0.3 is 5.97 Å².